The van der Waals surface area contributed by atoms with Gasteiger partial charge < -0.3 is 9.80 Å². The van der Waals surface area contributed by atoms with Gasteiger partial charge in [0.25, 0.3) is 0 Å². The lowest BCUT2D eigenvalue weighted by Gasteiger charge is -2.34. The Bertz CT molecular complexity index is 160. The summed E-state index contributed by atoms with van der Waals surface area (Å²) in [4.78, 5) is 5.27. The molecule has 0 aromatic heterocycles. The van der Waals surface area contributed by atoms with Gasteiger partial charge >= 0.3 is 0 Å². The normalized spacial score (nSPS) is 19.5. The SMILES string of the molecule is CCCCN1CCN(CCCC(C)C)CC1. The highest BCUT2D eigenvalue weighted by atomic mass is 15.3. The number of nitrogens with zero attached hydrogens (tertiary/aromatic N) is 2. The summed E-state index contributed by atoms with van der Waals surface area (Å²) < 4.78 is 0. The van der Waals surface area contributed by atoms with E-state index < -0.39 is 0 Å². The van der Waals surface area contributed by atoms with Crippen LogP contribution in [0.3, 0.4) is 0 Å². The molecule has 0 unspecified atom stereocenters. The van der Waals surface area contributed by atoms with Crippen LogP contribution in [0.4, 0.5) is 0 Å². The van der Waals surface area contributed by atoms with Crippen molar-refractivity contribution in [2.45, 2.75) is 46.5 Å². The predicted octanol–water partition coefficient (Wildman–Crippen LogP) is 2.84. The Hall–Kier alpha value is -0.0800. The molecule has 1 fully saturated rings. The summed E-state index contributed by atoms with van der Waals surface area (Å²) in [5.74, 6) is 0.867. The van der Waals surface area contributed by atoms with Crippen molar-refractivity contribution in [2.75, 3.05) is 39.3 Å². The van der Waals surface area contributed by atoms with Gasteiger partial charge in [-0.2, -0.15) is 0 Å². The van der Waals surface area contributed by atoms with Gasteiger partial charge in [0.1, 0.15) is 0 Å². The largest absolute Gasteiger partial charge is 0.301 e. The molecular formula is C14H30N2. The second-order valence-electron chi connectivity index (χ2n) is 5.57. The zero-order chi connectivity index (χ0) is 11.8. The predicted molar refractivity (Wildman–Crippen MR) is 71.9 cm³/mol. The third-order valence-corrected chi connectivity index (χ3v) is 3.55. The van der Waals surface area contributed by atoms with Gasteiger partial charge in [-0.15, -0.1) is 0 Å². The molecule has 2 nitrogen and oxygen atoms in total. The van der Waals surface area contributed by atoms with E-state index in [-0.39, 0.29) is 0 Å². The molecule has 0 spiro atoms. The average Bonchev–Trinajstić information content (AvgIpc) is 2.27. The standard InChI is InChI=1S/C14H30N2/c1-4-5-8-15-10-12-16(13-11-15)9-6-7-14(2)3/h14H,4-13H2,1-3H3. The van der Waals surface area contributed by atoms with Crippen molar-refractivity contribution in [3.8, 4) is 0 Å². The molecule has 0 atom stereocenters. The quantitative estimate of drug-likeness (QED) is 0.658. The van der Waals surface area contributed by atoms with Crippen molar-refractivity contribution in [2.24, 2.45) is 5.92 Å². The third kappa shape index (κ3) is 5.86. The Morgan fingerprint density at radius 3 is 1.81 bits per heavy atom. The molecule has 0 radical (unpaired) electrons. The molecule has 0 aromatic rings. The van der Waals surface area contributed by atoms with E-state index in [1.165, 1.54) is 65.0 Å². The second kappa shape index (κ2) is 8.08. The summed E-state index contributed by atoms with van der Waals surface area (Å²) in [5.41, 5.74) is 0. The van der Waals surface area contributed by atoms with Crippen LogP contribution in [0.15, 0.2) is 0 Å². The van der Waals surface area contributed by atoms with Crippen LogP contribution in [0.25, 0.3) is 0 Å². The van der Waals surface area contributed by atoms with Gasteiger partial charge in [-0.1, -0.05) is 27.2 Å². The van der Waals surface area contributed by atoms with Crippen molar-refractivity contribution in [1.29, 1.82) is 0 Å². The molecule has 0 amide bonds. The highest BCUT2D eigenvalue weighted by Crippen LogP contribution is 2.08. The van der Waals surface area contributed by atoms with Crippen LogP contribution in [0, 0.1) is 5.92 Å². The fourth-order valence-electron chi connectivity index (χ4n) is 2.34. The smallest absolute Gasteiger partial charge is 0.0110 e. The van der Waals surface area contributed by atoms with Gasteiger partial charge in [-0.25, -0.2) is 0 Å². The van der Waals surface area contributed by atoms with Crippen molar-refractivity contribution in [1.82, 2.24) is 9.80 Å². The average molecular weight is 226 g/mol. The van der Waals surface area contributed by atoms with Gasteiger partial charge in [-0.05, 0) is 38.3 Å². The molecule has 0 saturated carbocycles. The molecule has 2 heteroatoms. The van der Waals surface area contributed by atoms with Crippen LogP contribution in [0.5, 0.6) is 0 Å². The molecule has 16 heavy (non-hydrogen) atoms. The summed E-state index contributed by atoms with van der Waals surface area (Å²) in [5, 5.41) is 0. The van der Waals surface area contributed by atoms with E-state index in [4.69, 9.17) is 0 Å². The van der Waals surface area contributed by atoms with Crippen LogP contribution in [0.1, 0.15) is 46.5 Å². The van der Waals surface area contributed by atoms with Crippen molar-refractivity contribution in [3.05, 3.63) is 0 Å². The van der Waals surface area contributed by atoms with Crippen molar-refractivity contribution in [3.63, 3.8) is 0 Å². The zero-order valence-electron chi connectivity index (χ0n) is 11.5. The molecule has 0 bridgehead atoms. The maximum atomic E-state index is 2.64. The lowest BCUT2D eigenvalue weighted by Crippen LogP contribution is -2.46. The van der Waals surface area contributed by atoms with Gasteiger partial charge in [0.2, 0.25) is 0 Å². The van der Waals surface area contributed by atoms with Crippen LogP contribution < -0.4 is 0 Å². The van der Waals surface area contributed by atoms with Gasteiger partial charge in [0.15, 0.2) is 0 Å². The fraction of sp³-hybridized carbons (Fsp3) is 1.00. The summed E-state index contributed by atoms with van der Waals surface area (Å²) in [6.07, 6.45) is 5.46. The second-order valence-corrected chi connectivity index (χ2v) is 5.57. The van der Waals surface area contributed by atoms with E-state index in [0.717, 1.165) is 5.92 Å². The maximum absolute atomic E-state index is 2.64. The van der Waals surface area contributed by atoms with Crippen LogP contribution in [-0.4, -0.2) is 49.1 Å². The van der Waals surface area contributed by atoms with Gasteiger partial charge in [0, 0.05) is 26.2 Å². The van der Waals surface area contributed by atoms with Gasteiger partial charge in [-0.3, -0.25) is 0 Å². The monoisotopic (exact) mass is 226 g/mol. The Labute approximate surface area is 102 Å². The number of rotatable bonds is 7. The molecule has 1 aliphatic heterocycles. The van der Waals surface area contributed by atoms with E-state index in [1.54, 1.807) is 0 Å². The minimum absolute atomic E-state index is 0.867. The molecule has 1 rings (SSSR count). The van der Waals surface area contributed by atoms with Crippen molar-refractivity contribution < 1.29 is 0 Å². The minimum atomic E-state index is 0.867. The maximum Gasteiger partial charge on any atom is 0.0110 e. The molecule has 0 aliphatic carbocycles. The molecular weight excluding hydrogens is 196 g/mol. The first-order valence-electron chi connectivity index (χ1n) is 7.17. The first-order chi connectivity index (χ1) is 7.72. The number of hydrogen-bond acceptors (Lipinski definition) is 2. The summed E-state index contributed by atoms with van der Waals surface area (Å²) >= 11 is 0. The van der Waals surface area contributed by atoms with Crippen LogP contribution in [0.2, 0.25) is 0 Å². The first kappa shape index (κ1) is 14.0. The van der Waals surface area contributed by atoms with Crippen LogP contribution in [-0.2, 0) is 0 Å². The minimum Gasteiger partial charge on any atom is -0.301 e. The Morgan fingerprint density at radius 2 is 1.38 bits per heavy atom. The van der Waals surface area contributed by atoms with E-state index in [0.29, 0.717) is 0 Å². The van der Waals surface area contributed by atoms with E-state index in [9.17, 15) is 0 Å². The summed E-state index contributed by atoms with van der Waals surface area (Å²) in [6, 6.07) is 0. The number of piperazine rings is 1. The van der Waals surface area contributed by atoms with Gasteiger partial charge in [0.05, 0.1) is 0 Å². The topological polar surface area (TPSA) is 6.48 Å². The molecule has 1 aliphatic rings. The lowest BCUT2D eigenvalue weighted by atomic mass is 10.1. The Morgan fingerprint density at radius 1 is 0.875 bits per heavy atom. The molecule has 1 heterocycles. The molecule has 0 aromatic carbocycles. The van der Waals surface area contributed by atoms with Crippen molar-refractivity contribution >= 4 is 0 Å². The van der Waals surface area contributed by atoms with E-state index in [1.807, 2.05) is 0 Å². The number of unbranched alkanes of at least 4 members (excludes halogenated alkanes) is 1. The summed E-state index contributed by atoms with van der Waals surface area (Å²) in [6.45, 7) is 14.7. The van der Waals surface area contributed by atoms with E-state index in [2.05, 4.69) is 30.6 Å². The molecule has 96 valence electrons. The fourth-order valence-corrected chi connectivity index (χ4v) is 2.34. The first-order valence-corrected chi connectivity index (χ1v) is 7.17. The highest BCUT2D eigenvalue weighted by Gasteiger charge is 2.15. The Kier molecular flexibility index (Phi) is 7.06. The van der Waals surface area contributed by atoms with Crippen LogP contribution >= 0.6 is 0 Å². The highest BCUT2D eigenvalue weighted by molar-refractivity contribution is 4.71. The van der Waals surface area contributed by atoms with E-state index >= 15 is 0 Å². The Balaban J connectivity index is 2.03. The zero-order valence-corrected chi connectivity index (χ0v) is 11.5. The third-order valence-electron chi connectivity index (χ3n) is 3.55. The molecule has 0 N–H and O–H groups in total. The summed E-state index contributed by atoms with van der Waals surface area (Å²) in [7, 11) is 0. The number of hydrogen-bond donors (Lipinski definition) is 0. The molecule has 1 saturated heterocycles. The lowest BCUT2D eigenvalue weighted by molar-refractivity contribution is 0.129.